The number of aromatic nitrogens is 2. The largest absolute Gasteiger partial charge is 0.493 e. The average molecular weight is 295 g/mol. The summed E-state index contributed by atoms with van der Waals surface area (Å²) in [7, 11) is 0. The molecule has 1 N–H and O–H groups in total. The number of alkyl halides is 1. The molecule has 0 saturated heterocycles. The van der Waals surface area contributed by atoms with Gasteiger partial charge in [-0.25, -0.2) is 0 Å². The van der Waals surface area contributed by atoms with E-state index >= 15 is 0 Å². The van der Waals surface area contributed by atoms with Crippen molar-refractivity contribution in [1.82, 2.24) is 10.2 Å². The molecule has 2 aromatic rings. The van der Waals surface area contributed by atoms with Crippen LogP contribution in [-0.2, 0) is 0 Å². The molecule has 0 saturated carbocycles. The molecule has 0 aliphatic carbocycles. The van der Waals surface area contributed by atoms with Gasteiger partial charge in [0.05, 0.1) is 6.61 Å². The van der Waals surface area contributed by atoms with Gasteiger partial charge in [-0.3, -0.25) is 9.89 Å². The van der Waals surface area contributed by atoms with Gasteiger partial charge in [0, 0.05) is 17.1 Å². The van der Waals surface area contributed by atoms with Crippen molar-refractivity contribution >= 4 is 21.7 Å². The number of nitrogens with one attached hydrogen (secondary N) is 1. The lowest BCUT2D eigenvalue weighted by atomic mass is 10.1. The van der Waals surface area contributed by atoms with Crippen molar-refractivity contribution in [3.05, 3.63) is 47.8 Å². The number of ketones is 1. The smallest absolute Gasteiger partial charge is 0.210 e. The Balaban J connectivity index is 2.18. The summed E-state index contributed by atoms with van der Waals surface area (Å²) >= 11 is 3.28. The number of rotatable bonds is 5. The lowest BCUT2D eigenvalue weighted by Gasteiger charge is -2.05. The zero-order valence-corrected chi connectivity index (χ0v) is 10.6. The fourth-order valence-electron chi connectivity index (χ4n) is 1.42. The molecule has 1 aromatic carbocycles. The molecule has 0 aliphatic heterocycles. The molecule has 0 atom stereocenters. The summed E-state index contributed by atoms with van der Waals surface area (Å²) in [6, 6.07) is 8.75. The molecule has 0 bridgehead atoms. The monoisotopic (exact) mass is 294 g/mol. The highest BCUT2D eigenvalue weighted by Crippen LogP contribution is 2.15. The molecule has 1 aromatic heterocycles. The molecule has 0 fully saturated rings. The number of carbonyl (C=O) groups excluding carboxylic acids is 1. The van der Waals surface area contributed by atoms with Crippen LogP contribution in [0.25, 0.3) is 0 Å². The number of carbonyl (C=O) groups is 1. The van der Waals surface area contributed by atoms with E-state index in [0.717, 1.165) is 5.33 Å². The Labute approximate surface area is 107 Å². The van der Waals surface area contributed by atoms with E-state index in [1.807, 2.05) is 6.07 Å². The predicted octanol–water partition coefficient (Wildman–Crippen LogP) is 2.41. The standard InChI is InChI=1S/C12H11BrN2O2/c13-5-7-17-10-3-1-2-9(8-10)12(16)11-4-6-14-15-11/h1-4,6,8H,5,7H2,(H,14,15). The second-order valence-corrected chi connectivity index (χ2v) is 4.16. The number of H-pyrrole nitrogens is 1. The molecule has 0 unspecified atom stereocenters. The summed E-state index contributed by atoms with van der Waals surface area (Å²) in [6.07, 6.45) is 1.55. The maximum atomic E-state index is 12.0. The zero-order valence-electron chi connectivity index (χ0n) is 9.02. The Hall–Kier alpha value is -1.62. The van der Waals surface area contributed by atoms with E-state index < -0.39 is 0 Å². The van der Waals surface area contributed by atoms with E-state index in [-0.39, 0.29) is 5.78 Å². The van der Waals surface area contributed by atoms with E-state index in [1.54, 1.807) is 30.5 Å². The predicted molar refractivity (Wildman–Crippen MR) is 67.8 cm³/mol. The number of benzene rings is 1. The second kappa shape index (κ2) is 5.63. The molecule has 0 radical (unpaired) electrons. The topological polar surface area (TPSA) is 55.0 Å². The zero-order chi connectivity index (χ0) is 12.1. The van der Waals surface area contributed by atoms with Crippen LogP contribution in [0.15, 0.2) is 36.5 Å². The first-order chi connectivity index (χ1) is 8.31. The van der Waals surface area contributed by atoms with Gasteiger partial charge in [0.2, 0.25) is 5.78 Å². The molecule has 0 aliphatic rings. The minimum absolute atomic E-state index is 0.0909. The molecule has 0 spiro atoms. The van der Waals surface area contributed by atoms with Crippen molar-refractivity contribution in [1.29, 1.82) is 0 Å². The average Bonchev–Trinajstić information content (AvgIpc) is 2.89. The van der Waals surface area contributed by atoms with Crippen molar-refractivity contribution in [3.63, 3.8) is 0 Å². The van der Waals surface area contributed by atoms with Crippen LogP contribution in [0.5, 0.6) is 5.75 Å². The van der Waals surface area contributed by atoms with E-state index in [0.29, 0.717) is 23.6 Å². The van der Waals surface area contributed by atoms with Gasteiger partial charge in [-0.1, -0.05) is 28.1 Å². The van der Waals surface area contributed by atoms with Crippen LogP contribution in [0.2, 0.25) is 0 Å². The normalized spacial score (nSPS) is 10.2. The first kappa shape index (κ1) is 11.9. The molecule has 1 heterocycles. The third-order valence-corrected chi connectivity index (χ3v) is 2.51. The Morgan fingerprint density at radius 1 is 1.41 bits per heavy atom. The van der Waals surface area contributed by atoms with Gasteiger partial charge < -0.3 is 4.74 Å². The molecule has 17 heavy (non-hydrogen) atoms. The number of ether oxygens (including phenoxy) is 1. The van der Waals surface area contributed by atoms with Crippen LogP contribution in [0.3, 0.4) is 0 Å². The van der Waals surface area contributed by atoms with Gasteiger partial charge in [0.1, 0.15) is 11.4 Å². The first-order valence-corrected chi connectivity index (χ1v) is 6.26. The molecular weight excluding hydrogens is 284 g/mol. The van der Waals surface area contributed by atoms with Crippen molar-refractivity contribution in [2.24, 2.45) is 0 Å². The van der Waals surface area contributed by atoms with Crippen LogP contribution in [0.1, 0.15) is 16.1 Å². The number of aromatic amines is 1. The third-order valence-electron chi connectivity index (χ3n) is 2.19. The van der Waals surface area contributed by atoms with Gasteiger partial charge in [0.25, 0.3) is 0 Å². The van der Waals surface area contributed by atoms with Crippen LogP contribution in [0.4, 0.5) is 0 Å². The molecule has 4 nitrogen and oxygen atoms in total. The molecular formula is C12H11BrN2O2. The van der Waals surface area contributed by atoms with Crippen molar-refractivity contribution < 1.29 is 9.53 Å². The van der Waals surface area contributed by atoms with E-state index in [2.05, 4.69) is 26.1 Å². The van der Waals surface area contributed by atoms with E-state index in [4.69, 9.17) is 4.74 Å². The lowest BCUT2D eigenvalue weighted by molar-refractivity contribution is 0.103. The first-order valence-electron chi connectivity index (χ1n) is 5.14. The van der Waals surface area contributed by atoms with Gasteiger partial charge >= 0.3 is 0 Å². The number of halogens is 1. The summed E-state index contributed by atoms with van der Waals surface area (Å²) in [5.74, 6) is 0.599. The minimum atomic E-state index is -0.0909. The fraction of sp³-hybridized carbons (Fsp3) is 0.167. The summed E-state index contributed by atoms with van der Waals surface area (Å²) < 4.78 is 5.44. The number of nitrogens with zero attached hydrogens (tertiary/aromatic N) is 1. The van der Waals surface area contributed by atoms with Crippen molar-refractivity contribution in [3.8, 4) is 5.75 Å². The summed E-state index contributed by atoms with van der Waals surface area (Å²) in [4.78, 5) is 12.0. The maximum absolute atomic E-state index is 12.0. The minimum Gasteiger partial charge on any atom is -0.493 e. The highest BCUT2D eigenvalue weighted by atomic mass is 79.9. The van der Waals surface area contributed by atoms with Crippen molar-refractivity contribution in [2.75, 3.05) is 11.9 Å². The Kier molecular flexibility index (Phi) is 3.93. The highest BCUT2D eigenvalue weighted by Gasteiger charge is 2.10. The van der Waals surface area contributed by atoms with Crippen molar-refractivity contribution in [2.45, 2.75) is 0 Å². The second-order valence-electron chi connectivity index (χ2n) is 3.36. The van der Waals surface area contributed by atoms with Crippen LogP contribution in [0, 0.1) is 0 Å². The molecule has 88 valence electrons. The highest BCUT2D eigenvalue weighted by molar-refractivity contribution is 9.09. The quantitative estimate of drug-likeness (QED) is 0.681. The Bertz CT molecular complexity index is 497. The number of hydrogen-bond donors (Lipinski definition) is 1. The lowest BCUT2D eigenvalue weighted by Crippen LogP contribution is -2.03. The molecule has 2 rings (SSSR count). The van der Waals surface area contributed by atoms with Gasteiger partial charge in [-0.15, -0.1) is 0 Å². The van der Waals surface area contributed by atoms with Crippen LogP contribution in [-0.4, -0.2) is 27.9 Å². The van der Waals surface area contributed by atoms with E-state index in [1.165, 1.54) is 0 Å². The summed E-state index contributed by atoms with van der Waals surface area (Å²) in [6.45, 7) is 0.571. The Morgan fingerprint density at radius 2 is 2.29 bits per heavy atom. The third kappa shape index (κ3) is 2.94. The SMILES string of the molecule is O=C(c1cccc(OCCBr)c1)c1ccn[nH]1. The maximum Gasteiger partial charge on any atom is 0.210 e. The Morgan fingerprint density at radius 3 is 3.00 bits per heavy atom. The molecule has 5 heteroatoms. The number of hydrogen-bond acceptors (Lipinski definition) is 3. The van der Waals surface area contributed by atoms with Crippen LogP contribution < -0.4 is 4.74 Å². The summed E-state index contributed by atoms with van der Waals surface area (Å²) in [5, 5.41) is 7.16. The van der Waals surface area contributed by atoms with Gasteiger partial charge in [-0.2, -0.15) is 5.10 Å². The summed E-state index contributed by atoms with van der Waals surface area (Å²) in [5.41, 5.74) is 1.06. The van der Waals surface area contributed by atoms with E-state index in [9.17, 15) is 4.79 Å². The fourth-order valence-corrected chi connectivity index (χ4v) is 1.58. The van der Waals surface area contributed by atoms with Crippen LogP contribution >= 0.6 is 15.9 Å². The molecule has 0 amide bonds. The van der Waals surface area contributed by atoms with Gasteiger partial charge in [-0.05, 0) is 18.2 Å². The van der Waals surface area contributed by atoms with Gasteiger partial charge in [0.15, 0.2) is 0 Å².